The molecule has 0 radical (unpaired) electrons. The molecule has 3 rings (SSSR count). The zero-order valence-corrected chi connectivity index (χ0v) is 15.0. The molecule has 1 atom stereocenters. The maximum atomic E-state index is 12.1. The van der Waals surface area contributed by atoms with Gasteiger partial charge in [0.1, 0.15) is 6.04 Å². The fraction of sp³-hybridized carbons (Fsp3) is 0.312. The molecule has 0 unspecified atom stereocenters. The summed E-state index contributed by atoms with van der Waals surface area (Å²) < 4.78 is 1.58. The average Bonchev–Trinajstić information content (AvgIpc) is 2.96. The Kier molecular flexibility index (Phi) is 4.99. The standard InChI is InChI=1S/C16H17Cl2N5O2/c1-8-12(15(19)25)14(9-4-2-5-10(17)13(9)18)23-16(20-8)21-11(22-23)6-3-7-24/h2,4-5,14,24H,3,6-7H2,1H3,(H2,19,25)(H,20,21,22)/t14-/m0/s1. The first-order valence-electron chi connectivity index (χ1n) is 7.71. The molecule has 0 bridgehead atoms. The normalized spacial score (nSPS) is 16.6. The number of amides is 1. The number of aliphatic hydroxyl groups is 1. The lowest BCUT2D eigenvalue weighted by Gasteiger charge is -2.28. The molecule has 25 heavy (non-hydrogen) atoms. The summed E-state index contributed by atoms with van der Waals surface area (Å²) in [6.45, 7) is 1.79. The lowest BCUT2D eigenvalue weighted by molar-refractivity contribution is -0.115. The van der Waals surface area contributed by atoms with E-state index >= 15 is 0 Å². The second-order valence-corrected chi connectivity index (χ2v) is 6.48. The van der Waals surface area contributed by atoms with Crippen molar-refractivity contribution >= 4 is 35.1 Å². The van der Waals surface area contributed by atoms with E-state index < -0.39 is 11.9 Å². The van der Waals surface area contributed by atoms with Crippen LogP contribution >= 0.6 is 23.2 Å². The van der Waals surface area contributed by atoms with Crippen molar-refractivity contribution in [2.45, 2.75) is 25.8 Å². The maximum Gasteiger partial charge on any atom is 0.248 e. The van der Waals surface area contributed by atoms with E-state index in [1.165, 1.54) is 0 Å². The highest BCUT2D eigenvalue weighted by Crippen LogP contribution is 2.39. The van der Waals surface area contributed by atoms with E-state index in [0.29, 0.717) is 51.5 Å². The highest BCUT2D eigenvalue weighted by molar-refractivity contribution is 6.42. The van der Waals surface area contributed by atoms with E-state index in [9.17, 15) is 4.79 Å². The summed E-state index contributed by atoms with van der Waals surface area (Å²) >= 11 is 12.5. The first kappa shape index (κ1) is 17.7. The number of anilines is 1. The Hall–Kier alpha value is -2.09. The lowest BCUT2D eigenvalue weighted by atomic mass is 9.95. The monoisotopic (exact) mass is 381 g/mol. The van der Waals surface area contributed by atoms with Gasteiger partial charge in [0.05, 0.1) is 15.6 Å². The number of aromatic nitrogens is 3. The molecule has 132 valence electrons. The SMILES string of the molecule is CC1=C(C(N)=O)[C@H](c2cccc(Cl)c2Cl)n2nc(CCCO)nc2N1. The van der Waals surface area contributed by atoms with Crippen LogP contribution in [0.1, 0.15) is 30.8 Å². The molecule has 1 aromatic carbocycles. The van der Waals surface area contributed by atoms with Crippen molar-refractivity contribution in [3.05, 3.63) is 50.9 Å². The van der Waals surface area contributed by atoms with Crippen molar-refractivity contribution in [1.29, 1.82) is 0 Å². The summed E-state index contributed by atoms with van der Waals surface area (Å²) in [6, 6.07) is 4.57. The summed E-state index contributed by atoms with van der Waals surface area (Å²) in [7, 11) is 0. The largest absolute Gasteiger partial charge is 0.396 e. The Morgan fingerprint density at radius 3 is 2.88 bits per heavy atom. The minimum atomic E-state index is -0.629. The van der Waals surface area contributed by atoms with Crippen LogP contribution in [0.25, 0.3) is 0 Å². The van der Waals surface area contributed by atoms with Gasteiger partial charge in [0.25, 0.3) is 0 Å². The first-order chi connectivity index (χ1) is 11.9. The fourth-order valence-corrected chi connectivity index (χ4v) is 3.29. The van der Waals surface area contributed by atoms with Crippen LogP contribution in [-0.2, 0) is 11.2 Å². The number of aliphatic hydroxyl groups excluding tert-OH is 1. The number of allylic oxidation sites excluding steroid dienone is 1. The van der Waals surface area contributed by atoms with E-state index in [1.807, 2.05) is 0 Å². The zero-order chi connectivity index (χ0) is 18.1. The molecule has 7 nitrogen and oxygen atoms in total. The molecular weight excluding hydrogens is 365 g/mol. The van der Waals surface area contributed by atoms with Crippen LogP contribution in [0.2, 0.25) is 10.0 Å². The number of nitrogens with two attached hydrogens (primary N) is 1. The number of carbonyl (C=O) groups is 1. The van der Waals surface area contributed by atoms with E-state index in [1.54, 1.807) is 29.8 Å². The molecule has 2 aromatic rings. The summed E-state index contributed by atoms with van der Waals surface area (Å²) in [5, 5.41) is 17.2. The predicted octanol–water partition coefficient (Wildman–Crippen LogP) is 2.28. The van der Waals surface area contributed by atoms with E-state index in [-0.39, 0.29) is 6.61 Å². The van der Waals surface area contributed by atoms with Crippen LogP contribution in [0.5, 0.6) is 0 Å². The maximum absolute atomic E-state index is 12.1. The molecule has 1 aromatic heterocycles. The number of primary amides is 1. The summed E-state index contributed by atoms with van der Waals surface area (Å²) in [5.74, 6) is 0.457. The number of nitrogens with one attached hydrogen (secondary N) is 1. The van der Waals surface area contributed by atoms with Crippen molar-refractivity contribution < 1.29 is 9.90 Å². The molecule has 0 saturated heterocycles. The van der Waals surface area contributed by atoms with Crippen LogP contribution in [0.4, 0.5) is 5.95 Å². The van der Waals surface area contributed by atoms with Crippen molar-refractivity contribution in [2.75, 3.05) is 11.9 Å². The number of aryl methyl sites for hydroxylation is 1. The molecule has 0 saturated carbocycles. The smallest absolute Gasteiger partial charge is 0.248 e. The summed E-state index contributed by atoms with van der Waals surface area (Å²) in [5.41, 5.74) is 7.15. The van der Waals surface area contributed by atoms with Gasteiger partial charge in [-0.05, 0) is 19.4 Å². The van der Waals surface area contributed by atoms with Crippen molar-refractivity contribution in [3.8, 4) is 0 Å². The Morgan fingerprint density at radius 1 is 1.44 bits per heavy atom. The Morgan fingerprint density at radius 2 is 2.20 bits per heavy atom. The Bertz CT molecular complexity index is 862. The minimum absolute atomic E-state index is 0.0463. The van der Waals surface area contributed by atoms with Gasteiger partial charge in [0.15, 0.2) is 5.82 Å². The molecule has 1 aliphatic rings. The van der Waals surface area contributed by atoms with E-state index in [2.05, 4.69) is 15.4 Å². The van der Waals surface area contributed by atoms with Crippen LogP contribution < -0.4 is 11.1 Å². The van der Waals surface area contributed by atoms with Gasteiger partial charge in [-0.3, -0.25) is 4.79 Å². The number of hydrogen-bond donors (Lipinski definition) is 3. The van der Waals surface area contributed by atoms with Gasteiger partial charge in [-0.2, -0.15) is 10.1 Å². The highest BCUT2D eigenvalue weighted by Gasteiger charge is 2.34. The average molecular weight is 382 g/mol. The van der Waals surface area contributed by atoms with E-state index in [0.717, 1.165) is 0 Å². The Balaban J connectivity index is 2.17. The van der Waals surface area contributed by atoms with Gasteiger partial charge >= 0.3 is 0 Å². The Labute approximate surface area is 154 Å². The third-order valence-corrected chi connectivity index (χ3v) is 4.83. The molecular formula is C16H17Cl2N5O2. The molecule has 0 spiro atoms. The topological polar surface area (TPSA) is 106 Å². The molecule has 1 aliphatic heterocycles. The third kappa shape index (κ3) is 3.22. The fourth-order valence-electron chi connectivity index (χ4n) is 2.88. The van der Waals surface area contributed by atoms with Crippen LogP contribution in [-0.4, -0.2) is 32.4 Å². The first-order valence-corrected chi connectivity index (χ1v) is 8.47. The number of halogens is 2. The number of hydrogen-bond acceptors (Lipinski definition) is 5. The van der Waals surface area contributed by atoms with Gasteiger partial charge in [-0.25, -0.2) is 4.68 Å². The van der Waals surface area contributed by atoms with E-state index in [4.69, 9.17) is 34.0 Å². The third-order valence-electron chi connectivity index (χ3n) is 4.00. The zero-order valence-electron chi connectivity index (χ0n) is 13.5. The summed E-state index contributed by atoms with van der Waals surface area (Å²) in [4.78, 5) is 16.5. The second kappa shape index (κ2) is 7.03. The molecule has 2 heterocycles. The van der Waals surface area contributed by atoms with Crippen LogP contribution in [0.15, 0.2) is 29.5 Å². The van der Waals surface area contributed by atoms with Gasteiger partial charge in [0.2, 0.25) is 11.9 Å². The van der Waals surface area contributed by atoms with Gasteiger partial charge in [-0.1, -0.05) is 35.3 Å². The quantitative estimate of drug-likeness (QED) is 0.736. The number of rotatable bonds is 5. The van der Waals surface area contributed by atoms with Gasteiger partial charge < -0.3 is 16.2 Å². The van der Waals surface area contributed by atoms with Gasteiger partial charge in [0, 0.05) is 24.3 Å². The van der Waals surface area contributed by atoms with Crippen LogP contribution in [0.3, 0.4) is 0 Å². The minimum Gasteiger partial charge on any atom is -0.396 e. The van der Waals surface area contributed by atoms with Gasteiger partial charge in [-0.15, -0.1) is 0 Å². The summed E-state index contributed by atoms with van der Waals surface area (Å²) in [6.07, 6.45) is 1.06. The van der Waals surface area contributed by atoms with Crippen molar-refractivity contribution in [3.63, 3.8) is 0 Å². The molecule has 1 amide bonds. The lowest BCUT2D eigenvalue weighted by Crippen LogP contribution is -2.32. The number of benzene rings is 1. The van der Waals surface area contributed by atoms with Crippen LogP contribution in [0, 0.1) is 0 Å². The number of carbonyl (C=O) groups excluding carboxylic acids is 1. The predicted molar refractivity (Wildman–Crippen MR) is 95.5 cm³/mol. The molecule has 0 aliphatic carbocycles. The number of fused-ring (bicyclic) bond motifs is 1. The molecule has 9 heteroatoms. The van der Waals surface area contributed by atoms with Crippen molar-refractivity contribution in [2.24, 2.45) is 5.73 Å². The highest BCUT2D eigenvalue weighted by atomic mass is 35.5. The number of nitrogens with zero attached hydrogens (tertiary/aromatic N) is 3. The molecule has 4 N–H and O–H groups in total. The van der Waals surface area contributed by atoms with Crippen molar-refractivity contribution in [1.82, 2.24) is 14.8 Å². The second-order valence-electron chi connectivity index (χ2n) is 5.70. The molecule has 0 fully saturated rings.